The van der Waals surface area contributed by atoms with Crippen molar-refractivity contribution in [3.05, 3.63) is 33.8 Å². The van der Waals surface area contributed by atoms with Gasteiger partial charge >= 0.3 is 0 Å². The van der Waals surface area contributed by atoms with E-state index in [9.17, 15) is 9.59 Å². The van der Waals surface area contributed by atoms with Crippen LogP contribution in [0.2, 0.25) is 10.0 Å². The Kier molecular flexibility index (Phi) is 3.74. The Morgan fingerprint density at radius 2 is 1.84 bits per heavy atom. The van der Waals surface area contributed by atoms with Gasteiger partial charge in [0.1, 0.15) is 5.54 Å². The number of benzene rings is 1. The van der Waals surface area contributed by atoms with Crippen molar-refractivity contribution in [2.75, 3.05) is 13.1 Å². The van der Waals surface area contributed by atoms with Gasteiger partial charge in [-0.25, -0.2) is 0 Å². The molecule has 2 rings (SSSR count). The highest BCUT2D eigenvalue weighted by molar-refractivity contribution is 6.35. The summed E-state index contributed by atoms with van der Waals surface area (Å²) in [6.45, 7) is 4.33. The van der Waals surface area contributed by atoms with E-state index in [4.69, 9.17) is 23.2 Å². The smallest absolute Gasteiger partial charge is 0.254 e. The normalized spacial score (nSPS) is 18.1. The molecule has 1 saturated heterocycles. The van der Waals surface area contributed by atoms with Crippen LogP contribution < -0.4 is 5.32 Å². The average molecular weight is 301 g/mol. The lowest BCUT2D eigenvalue weighted by Gasteiger charge is -2.41. The third-order valence-electron chi connectivity index (χ3n) is 3.21. The summed E-state index contributed by atoms with van der Waals surface area (Å²) in [4.78, 5) is 25.9. The molecular weight excluding hydrogens is 287 g/mol. The monoisotopic (exact) mass is 300 g/mol. The summed E-state index contributed by atoms with van der Waals surface area (Å²) >= 11 is 11.8. The molecule has 4 nitrogen and oxygen atoms in total. The molecule has 0 bridgehead atoms. The zero-order chi connectivity index (χ0) is 14.2. The minimum atomic E-state index is -0.885. The van der Waals surface area contributed by atoms with Crippen molar-refractivity contribution in [1.82, 2.24) is 10.2 Å². The Labute approximate surface area is 121 Å². The molecule has 102 valence electrons. The van der Waals surface area contributed by atoms with Crippen LogP contribution in [0.3, 0.4) is 0 Å². The van der Waals surface area contributed by atoms with Gasteiger partial charge in [0.2, 0.25) is 5.91 Å². The fourth-order valence-electron chi connectivity index (χ4n) is 2.09. The molecule has 1 aliphatic rings. The molecule has 2 amide bonds. The molecule has 1 heterocycles. The van der Waals surface area contributed by atoms with Crippen molar-refractivity contribution in [1.29, 1.82) is 0 Å². The van der Waals surface area contributed by atoms with Crippen LogP contribution in [0, 0.1) is 0 Å². The van der Waals surface area contributed by atoms with Crippen LogP contribution in [0.5, 0.6) is 0 Å². The van der Waals surface area contributed by atoms with Gasteiger partial charge < -0.3 is 10.2 Å². The Morgan fingerprint density at radius 1 is 1.26 bits per heavy atom. The molecule has 1 aliphatic heterocycles. The van der Waals surface area contributed by atoms with Gasteiger partial charge in [0, 0.05) is 28.7 Å². The number of hydrogen-bond donors (Lipinski definition) is 1. The first-order valence-corrected chi connectivity index (χ1v) is 6.64. The lowest BCUT2D eigenvalue weighted by atomic mass is 9.97. The van der Waals surface area contributed by atoms with E-state index in [1.165, 1.54) is 4.90 Å². The number of hydrogen-bond acceptors (Lipinski definition) is 2. The molecule has 19 heavy (non-hydrogen) atoms. The maximum Gasteiger partial charge on any atom is 0.254 e. The fourth-order valence-corrected chi connectivity index (χ4v) is 2.61. The largest absolute Gasteiger partial charge is 0.352 e. The molecule has 1 aromatic rings. The van der Waals surface area contributed by atoms with Crippen LogP contribution >= 0.6 is 23.2 Å². The lowest BCUT2D eigenvalue weighted by molar-refractivity contribution is -0.133. The SMILES string of the molecule is CC1(C)C(=O)NCCN1C(=O)c1cc(Cl)cc(Cl)c1. The number of nitrogens with zero attached hydrogens (tertiary/aromatic N) is 1. The quantitative estimate of drug-likeness (QED) is 0.865. The van der Waals surface area contributed by atoms with Crippen molar-refractivity contribution in [3.8, 4) is 0 Å². The van der Waals surface area contributed by atoms with Crippen LogP contribution in [0.4, 0.5) is 0 Å². The number of nitrogens with one attached hydrogen (secondary N) is 1. The molecule has 0 aromatic heterocycles. The molecule has 1 N–H and O–H groups in total. The summed E-state index contributed by atoms with van der Waals surface area (Å²) in [6.07, 6.45) is 0. The molecule has 0 unspecified atom stereocenters. The van der Waals surface area contributed by atoms with E-state index in [0.29, 0.717) is 28.7 Å². The van der Waals surface area contributed by atoms with E-state index in [-0.39, 0.29) is 11.8 Å². The van der Waals surface area contributed by atoms with Crippen molar-refractivity contribution < 1.29 is 9.59 Å². The van der Waals surface area contributed by atoms with Crippen molar-refractivity contribution in [2.45, 2.75) is 19.4 Å². The third-order valence-corrected chi connectivity index (χ3v) is 3.64. The molecular formula is C13H14Cl2N2O2. The number of halogens is 2. The zero-order valence-electron chi connectivity index (χ0n) is 10.7. The topological polar surface area (TPSA) is 49.4 Å². The van der Waals surface area contributed by atoms with E-state index in [1.807, 2.05) is 0 Å². The van der Waals surface area contributed by atoms with Crippen molar-refractivity contribution >= 4 is 35.0 Å². The maximum absolute atomic E-state index is 12.5. The molecule has 1 aromatic carbocycles. The van der Waals surface area contributed by atoms with E-state index >= 15 is 0 Å². The van der Waals surface area contributed by atoms with Crippen LogP contribution in [-0.2, 0) is 4.79 Å². The highest BCUT2D eigenvalue weighted by atomic mass is 35.5. The first kappa shape index (κ1) is 14.2. The molecule has 0 spiro atoms. The number of carbonyl (C=O) groups is 2. The van der Waals surface area contributed by atoms with Gasteiger partial charge in [-0.1, -0.05) is 23.2 Å². The number of piperazine rings is 1. The van der Waals surface area contributed by atoms with Gasteiger partial charge in [0.05, 0.1) is 0 Å². The summed E-state index contributed by atoms with van der Waals surface area (Å²) in [5.41, 5.74) is -0.496. The van der Waals surface area contributed by atoms with E-state index < -0.39 is 5.54 Å². The standard InChI is InChI=1S/C13H14Cl2N2O2/c1-13(2)12(19)16-3-4-17(13)11(18)8-5-9(14)7-10(15)6-8/h5-7H,3-4H2,1-2H3,(H,16,19). The highest BCUT2D eigenvalue weighted by Crippen LogP contribution is 2.24. The van der Waals surface area contributed by atoms with E-state index in [0.717, 1.165) is 0 Å². The number of rotatable bonds is 1. The van der Waals surface area contributed by atoms with Gasteiger partial charge in [-0.15, -0.1) is 0 Å². The van der Waals surface area contributed by atoms with Gasteiger partial charge in [0.25, 0.3) is 5.91 Å². The molecule has 1 fully saturated rings. The van der Waals surface area contributed by atoms with Gasteiger partial charge in [-0.05, 0) is 32.0 Å². The second-order valence-corrected chi connectivity index (χ2v) is 5.80. The molecule has 0 atom stereocenters. The Bertz CT molecular complexity index is 523. The molecule has 0 saturated carbocycles. The predicted molar refractivity (Wildman–Crippen MR) is 74.6 cm³/mol. The Hall–Kier alpha value is -1.26. The van der Waals surface area contributed by atoms with Gasteiger partial charge in [-0.3, -0.25) is 9.59 Å². The van der Waals surface area contributed by atoms with Crippen LogP contribution in [0.25, 0.3) is 0 Å². The fraction of sp³-hybridized carbons (Fsp3) is 0.385. The van der Waals surface area contributed by atoms with Crippen LogP contribution in [-0.4, -0.2) is 35.3 Å². The summed E-state index contributed by atoms with van der Waals surface area (Å²) in [6, 6.07) is 4.67. The van der Waals surface area contributed by atoms with E-state index in [1.54, 1.807) is 32.0 Å². The van der Waals surface area contributed by atoms with Crippen molar-refractivity contribution in [3.63, 3.8) is 0 Å². The summed E-state index contributed by atoms with van der Waals surface area (Å²) < 4.78 is 0. The lowest BCUT2D eigenvalue weighted by Crippen LogP contribution is -2.63. The number of carbonyl (C=O) groups excluding carboxylic acids is 2. The van der Waals surface area contributed by atoms with Crippen molar-refractivity contribution in [2.24, 2.45) is 0 Å². The second kappa shape index (κ2) is 5.02. The van der Waals surface area contributed by atoms with Gasteiger partial charge in [-0.2, -0.15) is 0 Å². The molecule has 0 radical (unpaired) electrons. The van der Waals surface area contributed by atoms with E-state index in [2.05, 4.69) is 5.32 Å². The minimum Gasteiger partial charge on any atom is -0.352 e. The number of amides is 2. The molecule has 6 heteroatoms. The summed E-state index contributed by atoms with van der Waals surface area (Å²) in [7, 11) is 0. The summed E-state index contributed by atoms with van der Waals surface area (Å²) in [5, 5.41) is 3.54. The zero-order valence-corrected chi connectivity index (χ0v) is 12.2. The predicted octanol–water partition coefficient (Wildman–Crippen LogP) is 2.34. The first-order valence-electron chi connectivity index (χ1n) is 5.89. The molecule has 0 aliphatic carbocycles. The highest BCUT2D eigenvalue weighted by Gasteiger charge is 2.40. The maximum atomic E-state index is 12.5. The first-order chi connectivity index (χ1) is 8.82. The average Bonchev–Trinajstić information content (AvgIpc) is 2.30. The van der Waals surface area contributed by atoms with Crippen LogP contribution in [0.1, 0.15) is 24.2 Å². The van der Waals surface area contributed by atoms with Gasteiger partial charge in [0.15, 0.2) is 0 Å². The Morgan fingerprint density at radius 3 is 2.42 bits per heavy atom. The minimum absolute atomic E-state index is 0.166. The third kappa shape index (κ3) is 2.69. The Balaban J connectivity index is 2.35. The summed E-state index contributed by atoms with van der Waals surface area (Å²) in [5.74, 6) is -0.413. The second-order valence-electron chi connectivity index (χ2n) is 4.93. The van der Waals surface area contributed by atoms with Crippen LogP contribution in [0.15, 0.2) is 18.2 Å².